The first-order valence-corrected chi connectivity index (χ1v) is 8.72. The molecule has 0 aliphatic rings. The van der Waals surface area contributed by atoms with Crippen LogP contribution in [0.5, 0.6) is 0 Å². The molecule has 1 N–H and O–H groups in total. The third-order valence-electron chi connectivity index (χ3n) is 3.86. The average molecular weight is 337 g/mol. The highest BCUT2D eigenvalue weighted by molar-refractivity contribution is 7.13. The topological polar surface area (TPSA) is 54.9 Å². The molecule has 0 atom stereocenters. The van der Waals surface area contributed by atoms with Crippen LogP contribution in [-0.4, -0.2) is 15.9 Å². The van der Waals surface area contributed by atoms with E-state index in [1.165, 1.54) is 11.1 Å². The zero-order valence-corrected chi connectivity index (χ0v) is 14.6. The molecular weight excluding hydrogens is 318 g/mol. The van der Waals surface area contributed by atoms with Crippen LogP contribution in [0.3, 0.4) is 0 Å². The van der Waals surface area contributed by atoms with Crippen LogP contribution in [0.1, 0.15) is 23.2 Å². The van der Waals surface area contributed by atoms with Crippen LogP contribution in [0.4, 0.5) is 5.69 Å². The molecule has 0 fully saturated rings. The summed E-state index contributed by atoms with van der Waals surface area (Å²) in [6, 6.07) is 9.83. The highest BCUT2D eigenvalue weighted by Crippen LogP contribution is 2.23. The lowest BCUT2D eigenvalue weighted by Gasteiger charge is -2.07. The van der Waals surface area contributed by atoms with Crippen molar-refractivity contribution in [3.8, 4) is 10.6 Å². The minimum absolute atomic E-state index is 0.00850. The average Bonchev–Trinajstić information content (AvgIpc) is 3.06. The molecule has 0 bridgehead atoms. The van der Waals surface area contributed by atoms with Gasteiger partial charge in [-0.2, -0.15) is 0 Å². The Balaban J connectivity index is 1.56. The number of nitrogens with one attached hydrogen (secondary N) is 1. The first-order valence-electron chi connectivity index (χ1n) is 7.84. The summed E-state index contributed by atoms with van der Waals surface area (Å²) in [6.45, 7) is 4.10. The number of carbonyl (C=O) groups is 1. The summed E-state index contributed by atoms with van der Waals surface area (Å²) in [6.07, 6.45) is 4.60. The standard InChI is InChI=1S/C19H19N3OS/c1-13-5-6-16(10-14(13)2)21-18(23)8-7-17-12-24-19(22-17)15-4-3-9-20-11-15/h3-6,9-12H,7-8H2,1-2H3,(H,21,23). The van der Waals surface area contributed by atoms with Crippen molar-refractivity contribution in [3.63, 3.8) is 0 Å². The smallest absolute Gasteiger partial charge is 0.224 e. The minimum Gasteiger partial charge on any atom is -0.326 e. The van der Waals surface area contributed by atoms with Gasteiger partial charge < -0.3 is 5.32 Å². The van der Waals surface area contributed by atoms with E-state index < -0.39 is 0 Å². The van der Waals surface area contributed by atoms with E-state index in [9.17, 15) is 4.79 Å². The van der Waals surface area contributed by atoms with Crippen LogP contribution in [0.15, 0.2) is 48.1 Å². The molecule has 0 saturated carbocycles. The quantitative estimate of drug-likeness (QED) is 0.751. The fourth-order valence-electron chi connectivity index (χ4n) is 2.33. The Kier molecular flexibility index (Phi) is 5.01. The number of hydrogen-bond donors (Lipinski definition) is 1. The summed E-state index contributed by atoms with van der Waals surface area (Å²) in [5.74, 6) is 0.00850. The zero-order chi connectivity index (χ0) is 16.9. The fourth-order valence-corrected chi connectivity index (χ4v) is 3.17. The van der Waals surface area contributed by atoms with E-state index in [4.69, 9.17) is 0 Å². The SMILES string of the molecule is Cc1ccc(NC(=O)CCc2csc(-c3cccnc3)n2)cc1C. The molecule has 3 aromatic rings. The Morgan fingerprint density at radius 3 is 2.83 bits per heavy atom. The number of thiazole rings is 1. The van der Waals surface area contributed by atoms with Crippen LogP contribution >= 0.6 is 11.3 Å². The third-order valence-corrected chi connectivity index (χ3v) is 4.80. The van der Waals surface area contributed by atoms with Gasteiger partial charge in [0.2, 0.25) is 5.91 Å². The molecule has 0 radical (unpaired) electrons. The number of benzene rings is 1. The van der Waals surface area contributed by atoms with Crippen molar-refractivity contribution in [2.24, 2.45) is 0 Å². The van der Waals surface area contributed by atoms with E-state index >= 15 is 0 Å². The van der Waals surface area contributed by atoms with Crippen LogP contribution in [0.2, 0.25) is 0 Å². The van der Waals surface area contributed by atoms with Crippen molar-refractivity contribution in [1.82, 2.24) is 9.97 Å². The highest BCUT2D eigenvalue weighted by atomic mass is 32.1. The maximum absolute atomic E-state index is 12.1. The maximum atomic E-state index is 12.1. The number of anilines is 1. The summed E-state index contributed by atoms with van der Waals surface area (Å²) in [4.78, 5) is 20.8. The maximum Gasteiger partial charge on any atom is 0.224 e. The second-order valence-electron chi connectivity index (χ2n) is 5.73. The largest absolute Gasteiger partial charge is 0.326 e. The lowest BCUT2D eigenvalue weighted by atomic mass is 10.1. The van der Waals surface area contributed by atoms with Crippen molar-refractivity contribution < 1.29 is 4.79 Å². The molecule has 0 aliphatic carbocycles. The first-order chi connectivity index (χ1) is 11.6. The van der Waals surface area contributed by atoms with Gasteiger partial charge in [-0.1, -0.05) is 6.07 Å². The molecule has 0 spiro atoms. The summed E-state index contributed by atoms with van der Waals surface area (Å²) in [5.41, 5.74) is 5.19. The second kappa shape index (κ2) is 7.36. The molecule has 2 heterocycles. The van der Waals surface area contributed by atoms with E-state index in [2.05, 4.69) is 22.2 Å². The van der Waals surface area contributed by atoms with Crippen molar-refractivity contribution >= 4 is 22.9 Å². The van der Waals surface area contributed by atoms with Crippen LogP contribution in [0, 0.1) is 13.8 Å². The second-order valence-corrected chi connectivity index (χ2v) is 6.59. The molecule has 1 aromatic carbocycles. The van der Waals surface area contributed by atoms with Crippen molar-refractivity contribution in [3.05, 3.63) is 64.9 Å². The summed E-state index contributed by atoms with van der Waals surface area (Å²) in [7, 11) is 0. The predicted octanol–water partition coefficient (Wildman–Crippen LogP) is 4.39. The van der Waals surface area contributed by atoms with Gasteiger partial charge in [-0.3, -0.25) is 9.78 Å². The van der Waals surface area contributed by atoms with Crippen molar-refractivity contribution in [1.29, 1.82) is 0 Å². The predicted molar refractivity (Wildman–Crippen MR) is 98.2 cm³/mol. The molecule has 2 aromatic heterocycles. The lowest BCUT2D eigenvalue weighted by molar-refractivity contribution is -0.116. The number of aromatic nitrogens is 2. The molecule has 0 saturated heterocycles. The molecule has 122 valence electrons. The van der Waals surface area contributed by atoms with Crippen molar-refractivity contribution in [2.45, 2.75) is 26.7 Å². The number of rotatable bonds is 5. The van der Waals surface area contributed by atoms with Crippen LogP contribution < -0.4 is 5.32 Å². The van der Waals surface area contributed by atoms with Gasteiger partial charge in [0.15, 0.2) is 0 Å². The molecule has 5 heteroatoms. The van der Waals surface area contributed by atoms with E-state index in [0.717, 1.165) is 22.0 Å². The molecule has 1 amide bonds. The molecule has 0 aliphatic heterocycles. The molecular formula is C19H19N3OS. The van der Waals surface area contributed by atoms with E-state index in [1.807, 2.05) is 42.6 Å². The lowest BCUT2D eigenvalue weighted by Crippen LogP contribution is -2.12. The Labute approximate surface area is 145 Å². The van der Waals surface area contributed by atoms with Crippen LogP contribution in [0.25, 0.3) is 10.6 Å². The minimum atomic E-state index is 0.00850. The van der Waals surface area contributed by atoms with Gasteiger partial charge in [0.25, 0.3) is 0 Å². The van der Waals surface area contributed by atoms with Gasteiger partial charge in [-0.25, -0.2) is 4.98 Å². The Morgan fingerprint density at radius 1 is 1.21 bits per heavy atom. The number of carbonyl (C=O) groups excluding carboxylic acids is 1. The van der Waals surface area contributed by atoms with Gasteiger partial charge >= 0.3 is 0 Å². The number of nitrogens with zero attached hydrogens (tertiary/aromatic N) is 2. The summed E-state index contributed by atoms with van der Waals surface area (Å²) in [5, 5.41) is 5.89. The number of aryl methyl sites for hydroxylation is 3. The number of amides is 1. The summed E-state index contributed by atoms with van der Waals surface area (Å²) >= 11 is 1.58. The Morgan fingerprint density at radius 2 is 2.08 bits per heavy atom. The van der Waals surface area contributed by atoms with Gasteiger partial charge in [0.1, 0.15) is 5.01 Å². The Hall–Kier alpha value is -2.53. The van der Waals surface area contributed by atoms with Crippen LogP contribution in [-0.2, 0) is 11.2 Å². The highest BCUT2D eigenvalue weighted by Gasteiger charge is 2.08. The third kappa shape index (κ3) is 4.06. The normalized spacial score (nSPS) is 10.6. The van der Waals surface area contributed by atoms with E-state index in [0.29, 0.717) is 12.8 Å². The van der Waals surface area contributed by atoms with E-state index in [-0.39, 0.29) is 5.91 Å². The molecule has 0 unspecified atom stereocenters. The molecule has 24 heavy (non-hydrogen) atoms. The number of pyridine rings is 1. The van der Waals surface area contributed by atoms with Gasteiger partial charge in [0.05, 0.1) is 5.69 Å². The van der Waals surface area contributed by atoms with Gasteiger partial charge in [-0.05, 0) is 55.7 Å². The van der Waals surface area contributed by atoms with Crippen molar-refractivity contribution in [2.75, 3.05) is 5.32 Å². The van der Waals surface area contributed by atoms with Gasteiger partial charge in [-0.15, -0.1) is 11.3 Å². The van der Waals surface area contributed by atoms with E-state index in [1.54, 1.807) is 23.7 Å². The monoisotopic (exact) mass is 337 g/mol. The fraction of sp³-hybridized carbons (Fsp3) is 0.211. The Bertz CT molecular complexity index is 843. The summed E-state index contributed by atoms with van der Waals surface area (Å²) < 4.78 is 0. The molecule has 4 nitrogen and oxygen atoms in total. The number of hydrogen-bond acceptors (Lipinski definition) is 4. The van der Waals surface area contributed by atoms with Gasteiger partial charge in [0, 0.05) is 35.4 Å². The zero-order valence-electron chi connectivity index (χ0n) is 13.7. The first kappa shape index (κ1) is 16.3. The molecule has 3 rings (SSSR count).